The molecule has 0 saturated heterocycles. The first-order chi connectivity index (χ1) is 7.31. The fraction of sp³-hybridized carbons (Fsp3) is 0.200. The van der Waals surface area contributed by atoms with Gasteiger partial charge in [-0.2, -0.15) is 0 Å². The molecule has 15 heavy (non-hydrogen) atoms. The maximum atomic E-state index is 5.65. The number of alkyl halides is 1. The van der Waals surface area contributed by atoms with Gasteiger partial charge in [0.2, 0.25) is 0 Å². The van der Waals surface area contributed by atoms with Gasteiger partial charge in [0.25, 0.3) is 0 Å². The Morgan fingerprint density at radius 2 is 2.07 bits per heavy atom. The molecule has 0 bridgehead atoms. The highest BCUT2D eigenvalue weighted by Gasteiger charge is 2.08. The lowest BCUT2D eigenvalue weighted by Gasteiger charge is -1.97. The van der Waals surface area contributed by atoms with E-state index >= 15 is 0 Å². The van der Waals surface area contributed by atoms with E-state index in [-0.39, 0.29) is 0 Å². The molecule has 0 aliphatic heterocycles. The van der Waals surface area contributed by atoms with Crippen LogP contribution in [0.4, 0.5) is 0 Å². The molecule has 0 fully saturated rings. The number of nitrogens with zero attached hydrogens (tertiary/aromatic N) is 2. The van der Waals surface area contributed by atoms with Crippen molar-refractivity contribution in [3.63, 3.8) is 0 Å². The van der Waals surface area contributed by atoms with Gasteiger partial charge in [0.15, 0.2) is 0 Å². The summed E-state index contributed by atoms with van der Waals surface area (Å²) in [5.41, 5.74) is 1.08. The lowest BCUT2D eigenvalue weighted by Crippen LogP contribution is -1.83. The zero-order chi connectivity index (χ0) is 10.7. The number of halogens is 2. The summed E-state index contributed by atoms with van der Waals surface area (Å²) in [4.78, 5) is 0. The Bertz CT molecular complexity index is 458. The smallest absolute Gasteiger partial charge is 0.143 e. The van der Waals surface area contributed by atoms with Crippen molar-refractivity contribution < 1.29 is 0 Å². The average Bonchev–Trinajstić information content (AvgIpc) is 2.68. The normalized spacial score (nSPS) is 10.5. The van der Waals surface area contributed by atoms with Crippen LogP contribution in [0, 0.1) is 0 Å². The highest BCUT2D eigenvalue weighted by molar-refractivity contribution is 9.10. The summed E-state index contributed by atoms with van der Waals surface area (Å²) in [5, 5.41) is 10.1. The standard InChI is InChI=1S/C10H8BrClN2S/c11-8-4-2-1-3-7(8)10-14-13-9(15-10)5-6-12/h1-4H,5-6H2. The number of hydrogen-bond acceptors (Lipinski definition) is 3. The molecule has 0 amide bonds. The second-order valence-electron chi connectivity index (χ2n) is 2.92. The summed E-state index contributed by atoms with van der Waals surface area (Å²) >= 11 is 10.7. The van der Waals surface area contributed by atoms with Gasteiger partial charge in [-0.1, -0.05) is 45.5 Å². The van der Waals surface area contributed by atoms with E-state index in [1.807, 2.05) is 24.3 Å². The van der Waals surface area contributed by atoms with Gasteiger partial charge in [0.05, 0.1) is 0 Å². The zero-order valence-corrected chi connectivity index (χ0v) is 10.9. The van der Waals surface area contributed by atoms with Gasteiger partial charge >= 0.3 is 0 Å². The van der Waals surface area contributed by atoms with Crippen LogP contribution in [0.15, 0.2) is 28.7 Å². The molecular weight excluding hydrogens is 296 g/mol. The minimum absolute atomic E-state index is 0.588. The van der Waals surface area contributed by atoms with Gasteiger partial charge in [0.1, 0.15) is 10.0 Å². The van der Waals surface area contributed by atoms with Crippen molar-refractivity contribution in [1.82, 2.24) is 10.2 Å². The SMILES string of the molecule is ClCCc1nnc(-c2ccccc2Br)s1. The van der Waals surface area contributed by atoms with Crippen molar-refractivity contribution in [3.8, 4) is 10.6 Å². The minimum Gasteiger partial charge on any atom is -0.143 e. The molecular formula is C10H8BrClN2S. The summed E-state index contributed by atoms with van der Waals surface area (Å²) in [5.74, 6) is 0.588. The third-order valence-corrected chi connectivity index (χ3v) is 3.78. The summed E-state index contributed by atoms with van der Waals surface area (Å²) < 4.78 is 1.04. The molecule has 1 aromatic heterocycles. The summed E-state index contributed by atoms with van der Waals surface area (Å²) in [6.45, 7) is 0. The number of benzene rings is 1. The van der Waals surface area contributed by atoms with E-state index < -0.39 is 0 Å². The largest absolute Gasteiger partial charge is 0.148 e. The molecule has 2 nitrogen and oxygen atoms in total. The molecule has 2 rings (SSSR count). The van der Waals surface area contributed by atoms with Gasteiger partial charge in [-0.25, -0.2) is 0 Å². The lowest BCUT2D eigenvalue weighted by atomic mass is 10.2. The quantitative estimate of drug-likeness (QED) is 0.807. The van der Waals surface area contributed by atoms with E-state index in [1.54, 1.807) is 11.3 Å². The first-order valence-electron chi connectivity index (χ1n) is 4.44. The molecule has 0 aliphatic carbocycles. The Balaban J connectivity index is 2.33. The van der Waals surface area contributed by atoms with E-state index in [0.29, 0.717) is 5.88 Å². The third-order valence-electron chi connectivity index (χ3n) is 1.88. The van der Waals surface area contributed by atoms with E-state index in [1.165, 1.54) is 0 Å². The summed E-state index contributed by atoms with van der Waals surface area (Å²) in [7, 11) is 0. The van der Waals surface area contributed by atoms with Crippen molar-refractivity contribution in [2.75, 3.05) is 5.88 Å². The number of rotatable bonds is 3. The second-order valence-corrected chi connectivity index (χ2v) is 5.21. The molecule has 0 N–H and O–H groups in total. The highest BCUT2D eigenvalue weighted by atomic mass is 79.9. The molecule has 1 aromatic carbocycles. The molecule has 2 aromatic rings. The Morgan fingerprint density at radius 3 is 2.80 bits per heavy atom. The van der Waals surface area contributed by atoms with E-state index in [9.17, 15) is 0 Å². The van der Waals surface area contributed by atoms with Crippen LogP contribution in [-0.2, 0) is 6.42 Å². The van der Waals surface area contributed by atoms with Gasteiger partial charge in [-0.05, 0) is 6.07 Å². The molecule has 0 aliphatic rings. The summed E-state index contributed by atoms with van der Waals surface area (Å²) in [6, 6.07) is 7.99. The fourth-order valence-electron chi connectivity index (χ4n) is 1.18. The molecule has 1 heterocycles. The first-order valence-corrected chi connectivity index (χ1v) is 6.59. The molecule has 0 unspecified atom stereocenters. The van der Waals surface area contributed by atoms with E-state index in [2.05, 4.69) is 26.1 Å². The van der Waals surface area contributed by atoms with Crippen LogP contribution in [0.1, 0.15) is 5.01 Å². The van der Waals surface area contributed by atoms with Crippen LogP contribution in [0.5, 0.6) is 0 Å². The van der Waals surface area contributed by atoms with Crippen molar-refractivity contribution in [2.24, 2.45) is 0 Å². The maximum Gasteiger partial charge on any atom is 0.148 e. The third kappa shape index (κ3) is 2.56. The number of hydrogen-bond donors (Lipinski definition) is 0. The predicted molar refractivity (Wildman–Crippen MR) is 67.5 cm³/mol. The van der Waals surface area contributed by atoms with Crippen LogP contribution in [-0.4, -0.2) is 16.1 Å². The van der Waals surface area contributed by atoms with Crippen LogP contribution in [0.25, 0.3) is 10.6 Å². The van der Waals surface area contributed by atoms with Crippen molar-refractivity contribution >= 4 is 38.9 Å². The van der Waals surface area contributed by atoms with Crippen LogP contribution in [0.3, 0.4) is 0 Å². The Morgan fingerprint density at radius 1 is 1.27 bits per heavy atom. The summed E-state index contributed by atoms with van der Waals surface area (Å²) in [6.07, 6.45) is 0.781. The van der Waals surface area contributed by atoms with E-state index in [4.69, 9.17) is 11.6 Å². The predicted octanol–water partition coefficient (Wildman–Crippen LogP) is 3.75. The Kier molecular flexibility index (Phi) is 3.72. The van der Waals surface area contributed by atoms with Gasteiger partial charge in [-0.15, -0.1) is 21.8 Å². The molecule has 0 saturated carbocycles. The molecule has 0 spiro atoms. The molecule has 78 valence electrons. The second kappa shape index (κ2) is 5.05. The highest BCUT2D eigenvalue weighted by Crippen LogP contribution is 2.30. The molecule has 0 atom stereocenters. The Hall–Kier alpha value is -0.450. The van der Waals surface area contributed by atoms with Crippen LogP contribution in [0.2, 0.25) is 0 Å². The first kappa shape index (κ1) is 11.0. The fourth-order valence-corrected chi connectivity index (χ4v) is 2.95. The van der Waals surface area contributed by atoms with Crippen molar-refractivity contribution in [3.05, 3.63) is 33.7 Å². The lowest BCUT2D eigenvalue weighted by molar-refractivity contribution is 0.989. The van der Waals surface area contributed by atoms with Gasteiger partial charge in [0, 0.05) is 22.3 Å². The van der Waals surface area contributed by atoms with Crippen LogP contribution < -0.4 is 0 Å². The zero-order valence-electron chi connectivity index (χ0n) is 7.78. The minimum atomic E-state index is 0.588. The number of aryl methyl sites for hydroxylation is 1. The number of aromatic nitrogens is 2. The average molecular weight is 304 g/mol. The Labute approximate surface area is 105 Å². The molecule has 0 radical (unpaired) electrons. The maximum absolute atomic E-state index is 5.65. The topological polar surface area (TPSA) is 25.8 Å². The van der Waals surface area contributed by atoms with Gasteiger partial charge in [-0.3, -0.25) is 0 Å². The monoisotopic (exact) mass is 302 g/mol. The van der Waals surface area contributed by atoms with Crippen molar-refractivity contribution in [2.45, 2.75) is 6.42 Å². The molecule has 5 heteroatoms. The van der Waals surface area contributed by atoms with Crippen molar-refractivity contribution in [1.29, 1.82) is 0 Å². The van der Waals surface area contributed by atoms with E-state index in [0.717, 1.165) is 26.5 Å². The van der Waals surface area contributed by atoms with Gasteiger partial charge < -0.3 is 0 Å². The van der Waals surface area contributed by atoms with Crippen LogP contribution >= 0.6 is 38.9 Å².